The summed E-state index contributed by atoms with van der Waals surface area (Å²) >= 11 is 0. The molecule has 1 aliphatic heterocycles. The van der Waals surface area contributed by atoms with Gasteiger partial charge in [-0.25, -0.2) is 0 Å². The van der Waals surface area contributed by atoms with Gasteiger partial charge in [0.1, 0.15) is 6.61 Å². The summed E-state index contributed by atoms with van der Waals surface area (Å²) in [5.74, 6) is -1.63. The second-order valence-electron chi connectivity index (χ2n) is 13.8. The van der Waals surface area contributed by atoms with Crippen LogP contribution >= 0.6 is 0 Å². The smallest absolute Gasteiger partial charge is 0.303 e. The van der Waals surface area contributed by atoms with Crippen LogP contribution < -0.4 is 5.32 Å². The van der Waals surface area contributed by atoms with Crippen LogP contribution in [0.2, 0.25) is 0 Å². The Morgan fingerprint density at radius 2 is 1.20 bits per heavy atom. The molecule has 3 amide bonds. The van der Waals surface area contributed by atoms with Crippen molar-refractivity contribution >= 4 is 29.7 Å². The molecular formula is C36H65N3O7. The van der Waals surface area contributed by atoms with Crippen molar-refractivity contribution in [3.63, 3.8) is 0 Å². The summed E-state index contributed by atoms with van der Waals surface area (Å²) in [6, 6.07) is 0. The van der Waals surface area contributed by atoms with Gasteiger partial charge in [-0.05, 0) is 6.42 Å². The molecule has 2 atom stereocenters. The van der Waals surface area contributed by atoms with Gasteiger partial charge in [0.05, 0.1) is 0 Å². The summed E-state index contributed by atoms with van der Waals surface area (Å²) in [5, 5.41) is 2.68. The molecule has 1 saturated heterocycles. The Bertz CT molecular complexity index is 915. The molecule has 0 aromatic rings. The maximum absolute atomic E-state index is 13.0. The van der Waals surface area contributed by atoms with Crippen LogP contribution in [0.3, 0.4) is 0 Å². The van der Waals surface area contributed by atoms with Gasteiger partial charge in [0.25, 0.3) is 5.91 Å². The fourth-order valence-corrected chi connectivity index (χ4v) is 5.90. The molecule has 1 rings (SSSR count). The summed E-state index contributed by atoms with van der Waals surface area (Å²) in [4.78, 5) is 65.1. The van der Waals surface area contributed by atoms with E-state index in [0.29, 0.717) is 26.2 Å². The number of nitrogens with one attached hydrogen (secondary N) is 1. The summed E-state index contributed by atoms with van der Waals surface area (Å²) in [6.45, 7) is 12.0. The average molecular weight is 652 g/mol. The van der Waals surface area contributed by atoms with Gasteiger partial charge in [0, 0.05) is 64.3 Å². The van der Waals surface area contributed by atoms with Crippen molar-refractivity contribution in [2.75, 3.05) is 39.3 Å². The minimum Gasteiger partial charge on any atom is -0.465 e. The molecule has 0 aromatic carbocycles. The highest BCUT2D eigenvalue weighted by Crippen LogP contribution is 2.25. The Kier molecular flexibility index (Phi) is 21.3. The molecule has 0 spiro atoms. The molecule has 0 aliphatic carbocycles. The molecule has 1 N–H and O–H groups in total. The van der Waals surface area contributed by atoms with E-state index in [1.165, 1.54) is 97.3 Å². The Morgan fingerprint density at radius 1 is 0.717 bits per heavy atom. The normalized spacial score (nSPS) is 14.8. The fraction of sp³-hybridized carbons (Fsp3) is 0.861. The number of ether oxygens (including phenoxy) is 2. The van der Waals surface area contributed by atoms with Crippen LogP contribution in [0.5, 0.6) is 0 Å². The number of amides is 3. The fourth-order valence-electron chi connectivity index (χ4n) is 5.90. The number of unbranched alkanes of at least 4 members (excludes halogenated alkanes) is 13. The number of piperazine rings is 1. The van der Waals surface area contributed by atoms with Crippen LogP contribution in [0.4, 0.5) is 0 Å². The van der Waals surface area contributed by atoms with Gasteiger partial charge in [0.15, 0.2) is 6.10 Å². The van der Waals surface area contributed by atoms with Crippen LogP contribution in [0, 0.1) is 11.3 Å². The SMILES string of the molecule is CCCCCCCCCCCCCCCCC(C)C(=O)N1CCN(C(=O)CCNC(=O)C(OC(C)=O)C(C)(C)COC(C)=O)CC1. The molecule has 1 heterocycles. The van der Waals surface area contributed by atoms with Crippen LogP contribution in [0.25, 0.3) is 0 Å². The molecular weight excluding hydrogens is 586 g/mol. The maximum atomic E-state index is 13.0. The molecule has 1 aliphatic rings. The van der Waals surface area contributed by atoms with Gasteiger partial charge in [0.2, 0.25) is 11.8 Å². The first-order chi connectivity index (χ1) is 21.9. The van der Waals surface area contributed by atoms with E-state index in [9.17, 15) is 24.0 Å². The number of esters is 2. The molecule has 0 radical (unpaired) electrons. The van der Waals surface area contributed by atoms with Gasteiger partial charge in [-0.1, -0.05) is 118 Å². The third-order valence-electron chi connectivity index (χ3n) is 8.87. The molecule has 0 aromatic heterocycles. The molecule has 266 valence electrons. The van der Waals surface area contributed by atoms with Gasteiger partial charge in [-0.2, -0.15) is 0 Å². The van der Waals surface area contributed by atoms with Crippen LogP contribution in [0.15, 0.2) is 0 Å². The van der Waals surface area contributed by atoms with E-state index in [0.717, 1.165) is 12.8 Å². The van der Waals surface area contributed by atoms with Gasteiger partial charge in [-0.15, -0.1) is 0 Å². The topological polar surface area (TPSA) is 122 Å². The van der Waals surface area contributed by atoms with Crippen LogP contribution in [-0.2, 0) is 33.4 Å². The minimum absolute atomic E-state index is 0.00921. The third-order valence-corrected chi connectivity index (χ3v) is 8.87. The Labute approximate surface area is 279 Å². The van der Waals surface area contributed by atoms with E-state index in [1.807, 2.05) is 11.8 Å². The molecule has 10 nitrogen and oxygen atoms in total. The Morgan fingerprint density at radius 3 is 1.67 bits per heavy atom. The highest BCUT2D eigenvalue weighted by Gasteiger charge is 2.39. The zero-order valence-corrected chi connectivity index (χ0v) is 30.0. The highest BCUT2D eigenvalue weighted by atomic mass is 16.6. The van der Waals surface area contributed by atoms with Gasteiger partial charge in [-0.3, -0.25) is 24.0 Å². The Balaban J connectivity index is 2.24. The van der Waals surface area contributed by atoms with Gasteiger partial charge >= 0.3 is 11.9 Å². The molecule has 10 heteroatoms. The highest BCUT2D eigenvalue weighted by molar-refractivity contribution is 5.85. The lowest BCUT2D eigenvalue weighted by Crippen LogP contribution is -2.52. The van der Waals surface area contributed by atoms with Crippen LogP contribution in [-0.4, -0.2) is 84.9 Å². The van der Waals surface area contributed by atoms with E-state index in [1.54, 1.807) is 18.7 Å². The summed E-state index contributed by atoms with van der Waals surface area (Å²) in [5.41, 5.74) is -0.960. The van der Waals surface area contributed by atoms with E-state index < -0.39 is 29.4 Å². The standard InChI is InChI=1S/C36H65N3O7/c1-7-8-9-10-11-12-13-14-15-16-17-18-19-20-21-29(2)35(44)39-26-24-38(25-27-39)32(42)22-23-37-34(43)33(46-31(4)41)36(5,6)28-45-30(3)40/h29,33H,7-28H2,1-6H3,(H,37,43). The first kappa shape index (κ1) is 41.4. The molecule has 0 bridgehead atoms. The van der Waals surface area contributed by atoms with Crippen LogP contribution in [0.1, 0.15) is 144 Å². The van der Waals surface area contributed by atoms with Crippen molar-refractivity contribution in [1.29, 1.82) is 0 Å². The lowest BCUT2D eigenvalue weighted by Gasteiger charge is -2.36. The zero-order valence-electron chi connectivity index (χ0n) is 30.0. The number of carbonyl (C=O) groups excluding carboxylic acids is 5. The van der Waals surface area contributed by atoms with Gasteiger partial charge < -0.3 is 24.6 Å². The lowest BCUT2D eigenvalue weighted by molar-refractivity contribution is -0.166. The van der Waals surface area contributed by atoms with Crippen molar-refractivity contribution in [1.82, 2.24) is 15.1 Å². The van der Waals surface area contributed by atoms with Crippen molar-refractivity contribution in [3.05, 3.63) is 0 Å². The van der Waals surface area contributed by atoms with E-state index >= 15 is 0 Å². The largest absolute Gasteiger partial charge is 0.465 e. The van der Waals surface area contributed by atoms with Crippen molar-refractivity contribution in [3.8, 4) is 0 Å². The Hall–Kier alpha value is -2.65. The molecule has 46 heavy (non-hydrogen) atoms. The first-order valence-electron chi connectivity index (χ1n) is 18.0. The number of hydrogen-bond donors (Lipinski definition) is 1. The quantitative estimate of drug-likeness (QED) is 0.0975. The maximum Gasteiger partial charge on any atom is 0.303 e. The van der Waals surface area contributed by atoms with E-state index in [-0.39, 0.29) is 37.3 Å². The number of nitrogens with zero attached hydrogens (tertiary/aromatic N) is 2. The molecule has 1 fully saturated rings. The summed E-state index contributed by atoms with van der Waals surface area (Å²) in [6.07, 6.45) is 18.3. The summed E-state index contributed by atoms with van der Waals surface area (Å²) in [7, 11) is 0. The number of rotatable bonds is 24. The first-order valence-corrected chi connectivity index (χ1v) is 18.0. The van der Waals surface area contributed by atoms with Crippen molar-refractivity contribution in [2.24, 2.45) is 11.3 Å². The number of carbonyl (C=O) groups is 5. The molecule has 0 saturated carbocycles. The predicted octanol–water partition coefficient (Wildman–Crippen LogP) is 6.19. The molecule has 2 unspecified atom stereocenters. The van der Waals surface area contributed by atoms with Crippen molar-refractivity contribution < 1.29 is 33.4 Å². The second-order valence-corrected chi connectivity index (χ2v) is 13.8. The van der Waals surface area contributed by atoms with Crippen molar-refractivity contribution in [2.45, 2.75) is 150 Å². The monoisotopic (exact) mass is 651 g/mol. The lowest BCUT2D eigenvalue weighted by atomic mass is 9.86. The zero-order chi connectivity index (χ0) is 34.4. The third kappa shape index (κ3) is 17.9. The predicted molar refractivity (Wildman–Crippen MR) is 181 cm³/mol. The number of hydrogen-bond acceptors (Lipinski definition) is 7. The minimum atomic E-state index is -1.18. The van der Waals surface area contributed by atoms with E-state index in [2.05, 4.69) is 12.2 Å². The average Bonchev–Trinajstić information content (AvgIpc) is 3.02. The van der Waals surface area contributed by atoms with E-state index in [4.69, 9.17) is 9.47 Å². The summed E-state index contributed by atoms with van der Waals surface area (Å²) < 4.78 is 10.3. The second kappa shape index (κ2) is 23.6.